The van der Waals surface area contributed by atoms with Crippen molar-refractivity contribution in [1.82, 2.24) is 9.97 Å². The zero-order valence-corrected chi connectivity index (χ0v) is 9.52. The lowest BCUT2D eigenvalue weighted by Crippen LogP contribution is -2.27. The van der Waals surface area contributed by atoms with Crippen molar-refractivity contribution < 1.29 is 4.79 Å². The molecule has 4 N–H and O–H groups in total. The Balaban J connectivity index is 2.18. The molecule has 1 aromatic rings. The summed E-state index contributed by atoms with van der Waals surface area (Å²) in [6.45, 7) is 0.678. The molecule has 1 saturated heterocycles. The maximum absolute atomic E-state index is 11.8. The van der Waals surface area contributed by atoms with E-state index in [9.17, 15) is 4.79 Å². The predicted octanol–water partition coefficient (Wildman–Crippen LogP) is 0.304. The minimum absolute atomic E-state index is 0.0281. The number of aromatic nitrogens is 2. The molecule has 1 aliphatic rings. The zero-order valence-electron chi connectivity index (χ0n) is 9.52. The molecule has 1 unspecified atom stereocenters. The summed E-state index contributed by atoms with van der Waals surface area (Å²) in [5, 5.41) is 3.46. The lowest BCUT2D eigenvalue weighted by molar-refractivity contribution is -0.117. The van der Waals surface area contributed by atoms with Crippen molar-refractivity contribution in [3.8, 4) is 0 Å². The van der Waals surface area contributed by atoms with Crippen molar-refractivity contribution in [2.45, 2.75) is 6.42 Å². The molecule has 0 radical (unpaired) electrons. The van der Waals surface area contributed by atoms with Gasteiger partial charge in [0.15, 0.2) is 0 Å². The Labute approximate surface area is 102 Å². The molecule has 94 valence electrons. The number of carbonyl (C=O) groups excluding carboxylic acids is 1. The van der Waals surface area contributed by atoms with Gasteiger partial charge in [0, 0.05) is 30.5 Å². The summed E-state index contributed by atoms with van der Waals surface area (Å²) in [6, 6.07) is 1.42. The number of nitrogen functional groups attached to an aromatic ring is 2. The average Bonchev–Trinajstić information content (AvgIpc) is 2.66. The molecule has 0 saturated carbocycles. The van der Waals surface area contributed by atoms with Crippen molar-refractivity contribution >= 4 is 23.5 Å². The first-order valence-corrected chi connectivity index (χ1v) is 5.31. The lowest BCUT2D eigenvalue weighted by atomic mass is 10.1. The molecule has 1 aromatic heterocycles. The third-order valence-electron chi connectivity index (χ3n) is 2.60. The maximum atomic E-state index is 11.8. The van der Waals surface area contributed by atoms with Gasteiger partial charge in [-0.1, -0.05) is 5.11 Å². The molecule has 9 nitrogen and oxygen atoms in total. The van der Waals surface area contributed by atoms with E-state index in [1.807, 2.05) is 0 Å². The van der Waals surface area contributed by atoms with Crippen molar-refractivity contribution in [2.75, 3.05) is 29.5 Å². The van der Waals surface area contributed by atoms with Gasteiger partial charge in [-0.25, -0.2) is 0 Å². The highest BCUT2D eigenvalue weighted by Crippen LogP contribution is 2.23. The molecule has 2 heterocycles. The summed E-state index contributed by atoms with van der Waals surface area (Å²) in [4.78, 5) is 23.8. The van der Waals surface area contributed by atoms with Gasteiger partial charge in [-0.15, -0.1) is 0 Å². The molecule has 0 aliphatic carbocycles. The highest BCUT2D eigenvalue weighted by molar-refractivity contribution is 5.94. The highest BCUT2D eigenvalue weighted by Gasteiger charge is 2.31. The Bertz CT molecular complexity index is 503. The van der Waals surface area contributed by atoms with E-state index in [0.29, 0.717) is 13.0 Å². The summed E-state index contributed by atoms with van der Waals surface area (Å²) in [6.07, 6.45) is 0.303. The number of azide groups is 1. The van der Waals surface area contributed by atoms with E-state index in [0.717, 1.165) is 0 Å². The monoisotopic (exact) mass is 248 g/mol. The molecule has 0 spiro atoms. The second-order valence-corrected chi connectivity index (χ2v) is 4.01. The minimum Gasteiger partial charge on any atom is -0.383 e. The van der Waals surface area contributed by atoms with Crippen molar-refractivity contribution in [3.63, 3.8) is 0 Å². The summed E-state index contributed by atoms with van der Waals surface area (Å²) in [7, 11) is 0. The molecule has 0 aromatic carbocycles. The van der Waals surface area contributed by atoms with Gasteiger partial charge in [0.2, 0.25) is 11.9 Å². The molecule has 1 fully saturated rings. The van der Waals surface area contributed by atoms with Crippen molar-refractivity contribution in [2.24, 2.45) is 11.0 Å². The van der Waals surface area contributed by atoms with Crippen LogP contribution in [-0.4, -0.2) is 29.0 Å². The fourth-order valence-corrected chi connectivity index (χ4v) is 1.84. The molecule has 1 atom stereocenters. The lowest BCUT2D eigenvalue weighted by Gasteiger charge is -2.14. The van der Waals surface area contributed by atoms with Gasteiger partial charge in [0.1, 0.15) is 11.6 Å². The van der Waals surface area contributed by atoms with E-state index in [1.54, 1.807) is 0 Å². The Morgan fingerprint density at radius 3 is 2.78 bits per heavy atom. The van der Waals surface area contributed by atoms with E-state index < -0.39 is 0 Å². The number of amides is 1. The molecule has 1 aliphatic heterocycles. The number of rotatable bonds is 3. The number of nitrogens with two attached hydrogens (primary N) is 2. The van der Waals surface area contributed by atoms with Crippen LogP contribution >= 0.6 is 0 Å². The van der Waals surface area contributed by atoms with E-state index in [-0.39, 0.29) is 36.0 Å². The van der Waals surface area contributed by atoms with Crippen LogP contribution in [0.15, 0.2) is 11.2 Å². The second-order valence-electron chi connectivity index (χ2n) is 4.01. The number of hydrogen-bond donors (Lipinski definition) is 2. The maximum Gasteiger partial charge on any atom is 0.236 e. The average molecular weight is 248 g/mol. The summed E-state index contributed by atoms with van der Waals surface area (Å²) in [5.74, 6) is 0.464. The van der Waals surface area contributed by atoms with Gasteiger partial charge in [-0.3, -0.25) is 9.69 Å². The fraction of sp³-hybridized carbons (Fsp3) is 0.444. The van der Waals surface area contributed by atoms with E-state index in [2.05, 4.69) is 20.0 Å². The number of hydrogen-bond acceptors (Lipinski definition) is 6. The highest BCUT2D eigenvalue weighted by atomic mass is 16.2. The van der Waals surface area contributed by atoms with Crippen LogP contribution in [0.4, 0.5) is 17.6 Å². The standard InChI is InChI=1S/C9H12N8O/c10-6-2-7(11)15-9(14-6)17-4-5(1-8(17)18)3-13-16-12/h2,5H,1,3-4H2,(H4,10,11,14,15). The first-order valence-electron chi connectivity index (χ1n) is 5.31. The largest absolute Gasteiger partial charge is 0.383 e. The van der Waals surface area contributed by atoms with E-state index in [4.69, 9.17) is 17.0 Å². The SMILES string of the molecule is [N-]=[N+]=NCC1CC(=O)N(c2nc(N)cc(N)n2)C1. The molecule has 0 bridgehead atoms. The third-order valence-corrected chi connectivity index (χ3v) is 2.60. The topological polar surface area (TPSA) is 147 Å². The first kappa shape index (κ1) is 11.9. The number of anilines is 3. The van der Waals surface area contributed by atoms with E-state index in [1.165, 1.54) is 11.0 Å². The van der Waals surface area contributed by atoms with Crippen LogP contribution in [0.3, 0.4) is 0 Å². The first-order chi connectivity index (χ1) is 8.60. The Morgan fingerprint density at radius 2 is 2.17 bits per heavy atom. The van der Waals surface area contributed by atoms with Gasteiger partial charge in [0.05, 0.1) is 0 Å². The van der Waals surface area contributed by atoms with Crippen LogP contribution in [0.1, 0.15) is 6.42 Å². The quantitative estimate of drug-likeness (QED) is 0.448. The summed E-state index contributed by atoms with van der Waals surface area (Å²) >= 11 is 0. The molecule has 18 heavy (non-hydrogen) atoms. The van der Waals surface area contributed by atoms with Gasteiger partial charge >= 0.3 is 0 Å². The number of carbonyl (C=O) groups is 1. The second kappa shape index (κ2) is 4.76. The fourth-order valence-electron chi connectivity index (χ4n) is 1.84. The third kappa shape index (κ3) is 2.41. The number of nitrogens with zero attached hydrogens (tertiary/aromatic N) is 6. The Morgan fingerprint density at radius 1 is 1.50 bits per heavy atom. The summed E-state index contributed by atoms with van der Waals surface area (Å²) in [5.41, 5.74) is 19.4. The van der Waals surface area contributed by atoms with Crippen LogP contribution in [0.5, 0.6) is 0 Å². The van der Waals surface area contributed by atoms with Crippen LogP contribution in [0, 0.1) is 5.92 Å². The predicted molar refractivity (Wildman–Crippen MR) is 65.3 cm³/mol. The molecular formula is C9H12N8O. The molecule has 9 heteroatoms. The summed E-state index contributed by atoms with van der Waals surface area (Å²) < 4.78 is 0. The van der Waals surface area contributed by atoms with Crippen LogP contribution in [0.25, 0.3) is 10.4 Å². The Hall–Kier alpha value is -2.54. The van der Waals surface area contributed by atoms with Gasteiger partial charge in [-0.05, 0) is 11.4 Å². The minimum atomic E-state index is -0.127. The normalized spacial score (nSPS) is 18.8. The van der Waals surface area contributed by atoms with E-state index >= 15 is 0 Å². The smallest absolute Gasteiger partial charge is 0.236 e. The van der Waals surface area contributed by atoms with Crippen LogP contribution in [-0.2, 0) is 4.79 Å². The van der Waals surface area contributed by atoms with Crippen LogP contribution in [0.2, 0.25) is 0 Å². The van der Waals surface area contributed by atoms with Crippen molar-refractivity contribution in [1.29, 1.82) is 0 Å². The molecule has 2 rings (SSSR count). The van der Waals surface area contributed by atoms with Crippen molar-refractivity contribution in [3.05, 3.63) is 16.5 Å². The van der Waals surface area contributed by atoms with Gasteiger partial charge in [-0.2, -0.15) is 9.97 Å². The Kier molecular flexibility index (Phi) is 3.16. The molecular weight excluding hydrogens is 236 g/mol. The van der Waals surface area contributed by atoms with Gasteiger partial charge in [0.25, 0.3) is 0 Å². The molecule has 1 amide bonds. The zero-order chi connectivity index (χ0) is 13.1. The van der Waals surface area contributed by atoms with Gasteiger partial charge < -0.3 is 11.5 Å². The van der Waals surface area contributed by atoms with Crippen LogP contribution < -0.4 is 16.4 Å².